The third-order valence-electron chi connectivity index (χ3n) is 2.44. The van der Waals surface area contributed by atoms with Crippen LogP contribution in [-0.2, 0) is 0 Å². The maximum absolute atomic E-state index is 10.9. The number of hydrogen-bond donors (Lipinski definition) is 1. The molecule has 2 nitrogen and oxygen atoms in total. The molecule has 1 N–H and O–H groups in total. The lowest BCUT2D eigenvalue weighted by molar-refractivity contribution is 0.0695. The summed E-state index contributed by atoms with van der Waals surface area (Å²) in [6.07, 6.45) is 2.11. The number of carboxylic acid groups (broad SMARTS) is 1. The Labute approximate surface area is 84.6 Å². The van der Waals surface area contributed by atoms with E-state index in [2.05, 4.69) is 13.8 Å². The molecule has 2 heteroatoms. The fraction of sp³-hybridized carbons (Fsp3) is 0.417. The maximum atomic E-state index is 10.9. The van der Waals surface area contributed by atoms with Crippen LogP contribution in [0.1, 0.15) is 48.5 Å². The third-order valence-corrected chi connectivity index (χ3v) is 2.44. The molecule has 0 saturated carbocycles. The van der Waals surface area contributed by atoms with E-state index in [1.807, 2.05) is 12.1 Å². The van der Waals surface area contributed by atoms with Gasteiger partial charge in [-0.1, -0.05) is 38.5 Å². The Morgan fingerprint density at radius 1 is 1.43 bits per heavy atom. The summed E-state index contributed by atoms with van der Waals surface area (Å²) in [7, 11) is 0. The van der Waals surface area contributed by atoms with Crippen LogP contribution in [0.15, 0.2) is 24.3 Å². The fourth-order valence-corrected chi connectivity index (χ4v) is 1.71. The largest absolute Gasteiger partial charge is 0.478 e. The van der Waals surface area contributed by atoms with Crippen molar-refractivity contribution in [2.75, 3.05) is 0 Å². The van der Waals surface area contributed by atoms with E-state index < -0.39 is 5.97 Å². The summed E-state index contributed by atoms with van der Waals surface area (Å²) in [5.74, 6) is -0.504. The van der Waals surface area contributed by atoms with Crippen molar-refractivity contribution in [1.82, 2.24) is 0 Å². The molecular formula is C12H16O2. The van der Waals surface area contributed by atoms with Gasteiger partial charge in [0.25, 0.3) is 0 Å². The molecule has 0 saturated heterocycles. The number of aromatic carboxylic acids is 1. The summed E-state index contributed by atoms with van der Waals surface area (Å²) in [6, 6.07) is 7.24. The zero-order chi connectivity index (χ0) is 10.6. The van der Waals surface area contributed by atoms with Gasteiger partial charge in [0, 0.05) is 0 Å². The molecule has 0 aromatic heterocycles. The minimum atomic E-state index is -0.830. The molecular weight excluding hydrogens is 176 g/mol. The van der Waals surface area contributed by atoms with Crippen LogP contribution in [0.4, 0.5) is 0 Å². The predicted octanol–water partition coefficient (Wildman–Crippen LogP) is 3.29. The molecule has 1 aromatic rings. The monoisotopic (exact) mass is 192 g/mol. The zero-order valence-electron chi connectivity index (χ0n) is 8.66. The average Bonchev–Trinajstić information content (AvgIpc) is 2.18. The van der Waals surface area contributed by atoms with Gasteiger partial charge in [-0.2, -0.15) is 0 Å². The van der Waals surface area contributed by atoms with Crippen molar-refractivity contribution in [3.8, 4) is 0 Å². The van der Waals surface area contributed by atoms with Gasteiger partial charge in [-0.3, -0.25) is 0 Å². The highest BCUT2D eigenvalue weighted by Crippen LogP contribution is 2.23. The van der Waals surface area contributed by atoms with E-state index >= 15 is 0 Å². The van der Waals surface area contributed by atoms with Gasteiger partial charge in [0.05, 0.1) is 5.56 Å². The molecule has 0 amide bonds. The Bertz CT molecular complexity index is 318. The van der Waals surface area contributed by atoms with Gasteiger partial charge in [-0.15, -0.1) is 0 Å². The molecule has 0 bridgehead atoms. The number of carboxylic acids is 1. The Hall–Kier alpha value is -1.31. The second kappa shape index (κ2) is 4.80. The van der Waals surface area contributed by atoms with Crippen molar-refractivity contribution in [1.29, 1.82) is 0 Å². The van der Waals surface area contributed by atoms with Gasteiger partial charge >= 0.3 is 5.97 Å². The average molecular weight is 192 g/mol. The Balaban J connectivity index is 3.00. The second-order valence-electron chi connectivity index (χ2n) is 3.58. The van der Waals surface area contributed by atoms with Gasteiger partial charge < -0.3 is 5.11 Å². The van der Waals surface area contributed by atoms with Crippen LogP contribution in [0.2, 0.25) is 0 Å². The lowest BCUT2D eigenvalue weighted by Gasteiger charge is -2.12. The fourth-order valence-electron chi connectivity index (χ4n) is 1.71. The zero-order valence-corrected chi connectivity index (χ0v) is 8.66. The normalized spacial score (nSPS) is 12.4. The van der Waals surface area contributed by atoms with Gasteiger partial charge in [0.15, 0.2) is 0 Å². The molecule has 0 aliphatic rings. The van der Waals surface area contributed by atoms with E-state index in [9.17, 15) is 4.79 Å². The van der Waals surface area contributed by atoms with Gasteiger partial charge in [-0.05, 0) is 24.0 Å². The van der Waals surface area contributed by atoms with Crippen LogP contribution in [0.3, 0.4) is 0 Å². The Morgan fingerprint density at radius 2 is 2.07 bits per heavy atom. The summed E-state index contributed by atoms with van der Waals surface area (Å²) in [4.78, 5) is 10.9. The molecule has 0 radical (unpaired) electrons. The molecule has 0 fully saturated rings. The molecule has 1 rings (SSSR count). The molecule has 0 heterocycles. The van der Waals surface area contributed by atoms with Crippen molar-refractivity contribution in [2.24, 2.45) is 0 Å². The Morgan fingerprint density at radius 3 is 2.64 bits per heavy atom. The highest BCUT2D eigenvalue weighted by atomic mass is 16.4. The number of benzene rings is 1. The first-order valence-electron chi connectivity index (χ1n) is 4.99. The van der Waals surface area contributed by atoms with Crippen LogP contribution >= 0.6 is 0 Å². The summed E-state index contributed by atoms with van der Waals surface area (Å²) in [5, 5.41) is 8.98. The minimum Gasteiger partial charge on any atom is -0.478 e. The smallest absolute Gasteiger partial charge is 0.335 e. The van der Waals surface area contributed by atoms with Gasteiger partial charge in [-0.25, -0.2) is 4.79 Å². The first kappa shape index (κ1) is 10.8. The van der Waals surface area contributed by atoms with E-state index in [1.165, 1.54) is 0 Å². The molecule has 0 aliphatic carbocycles. The molecule has 1 unspecified atom stereocenters. The molecule has 1 atom stereocenters. The first-order valence-corrected chi connectivity index (χ1v) is 4.99. The van der Waals surface area contributed by atoms with Crippen molar-refractivity contribution in [2.45, 2.75) is 32.6 Å². The topological polar surface area (TPSA) is 37.3 Å². The number of rotatable bonds is 4. The molecule has 76 valence electrons. The van der Waals surface area contributed by atoms with E-state index in [-0.39, 0.29) is 0 Å². The van der Waals surface area contributed by atoms with Crippen molar-refractivity contribution >= 4 is 5.97 Å². The lowest BCUT2D eigenvalue weighted by Crippen LogP contribution is -2.04. The molecule has 1 aromatic carbocycles. The van der Waals surface area contributed by atoms with Crippen molar-refractivity contribution in [3.63, 3.8) is 0 Å². The van der Waals surface area contributed by atoms with Gasteiger partial charge in [0.2, 0.25) is 0 Å². The highest BCUT2D eigenvalue weighted by Gasteiger charge is 2.13. The van der Waals surface area contributed by atoms with Crippen LogP contribution in [0.25, 0.3) is 0 Å². The van der Waals surface area contributed by atoms with Crippen LogP contribution in [0.5, 0.6) is 0 Å². The first-order chi connectivity index (χ1) is 6.66. The number of hydrogen-bond acceptors (Lipinski definition) is 1. The Kier molecular flexibility index (Phi) is 3.69. The SMILES string of the molecule is CCCC(C)c1ccccc1C(=O)O. The summed E-state index contributed by atoms with van der Waals surface area (Å²) < 4.78 is 0. The summed E-state index contributed by atoms with van der Waals surface area (Å²) in [6.45, 7) is 4.19. The van der Waals surface area contributed by atoms with Crippen LogP contribution in [0, 0.1) is 0 Å². The quantitative estimate of drug-likeness (QED) is 0.794. The second-order valence-corrected chi connectivity index (χ2v) is 3.58. The predicted molar refractivity (Wildman–Crippen MR) is 56.7 cm³/mol. The van der Waals surface area contributed by atoms with Crippen molar-refractivity contribution < 1.29 is 9.90 Å². The van der Waals surface area contributed by atoms with Gasteiger partial charge in [0.1, 0.15) is 0 Å². The number of carbonyl (C=O) groups is 1. The van der Waals surface area contributed by atoms with Crippen LogP contribution in [-0.4, -0.2) is 11.1 Å². The molecule has 14 heavy (non-hydrogen) atoms. The third kappa shape index (κ3) is 2.34. The summed E-state index contributed by atoms with van der Waals surface area (Å²) >= 11 is 0. The van der Waals surface area contributed by atoms with E-state index in [4.69, 9.17) is 5.11 Å². The van der Waals surface area contributed by atoms with Crippen molar-refractivity contribution in [3.05, 3.63) is 35.4 Å². The summed E-state index contributed by atoms with van der Waals surface area (Å²) in [5.41, 5.74) is 1.38. The van der Waals surface area contributed by atoms with E-state index in [0.717, 1.165) is 18.4 Å². The van der Waals surface area contributed by atoms with E-state index in [0.29, 0.717) is 11.5 Å². The minimum absolute atomic E-state index is 0.326. The van der Waals surface area contributed by atoms with Crippen LogP contribution < -0.4 is 0 Å². The standard InChI is InChI=1S/C12H16O2/c1-3-6-9(2)10-7-4-5-8-11(10)12(13)14/h4-5,7-9H,3,6H2,1-2H3,(H,13,14). The maximum Gasteiger partial charge on any atom is 0.335 e. The highest BCUT2D eigenvalue weighted by molar-refractivity contribution is 5.89. The lowest BCUT2D eigenvalue weighted by atomic mass is 9.92. The molecule has 0 aliphatic heterocycles. The molecule has 0 spiro atoms. The van der Waals surface area contributed by atoms with E-state index in [1.54, 1.807) is 12.1 Å².